The van der Waals surface area contributed by atoms with Crippen LogP contribution in [-0.4, -0.2) is 23.3 Å². The van der Waals surface area contributed by atoms with Crippen molar-refractivity contribution in [1.29, 1.82) is 0 Å². The minimum absolute atomic E-state index is 0.438. The molecule has 0 bridgehead atoms. The molecule has 0 aromatic rings. The van der Waals surface area contributed by atoms with Crippen LogP contribution in [0.2, 0.25) is 0 Å². The largest absolute Gasteiger partial charge is 0.457 e. The van der Waals surface area contributed by atoms with Crippen molar-refractivity contribution in [3.8, 4) is 0 Å². The average molecular weight is 184 g/mol. The van der Waals surface area contributed by atoms with Gasteiger partial charge in [0.15, 0.2) is 0 Å². The van der Waals surface area contributed by atoms with Crippen LogP contribution in [0, 0.1) is 0 Å². The van der Waals surface area contributed by atoms with Crippen LogP contribution in [0.1, 0.15) is 20.8 Å². The fraction of sp³-hybridized carbons (Fsp3) is 0.500. The van der Waals surface area contributed by atoms with Crippen molar-refractivity contribution in [2.24, 2.45) is 0 Å². The second kappa shape index (κ2) is 6.43. The Morgan fingerprint density at radius 2 is 2.00 bits per heavy atom. The summed E-state index contributed by atoms with van der Waals surface area (Å²) >= 11 is 0. The van der Waals surface area contributed by atoms with Gasteiger partial charge in [-0.2, -0.15) is 0 Å². The summed E-state index contributed by atoms with van der Waals surface area (Å²) in [7, 11) is 0. The van der Waals surface area contributed by atoms with Gasteiger partial charge in [-0.15, -0.1) is 0 Å². The van der Waals surface area contributed by atoms with Crippen LogP contribution in [0.4, 0.5) is 0 Å². The molecule has 0 aromatic carbocycles. The van der Waals surface area contributed by atoms with Crippen molar-refractivity contribution in [1.82, 2.24) is 0 Å². The Kier molecular flexibility index (Phi) is 5.89. The van der Waals surface area contributed by atoms with E-state index in [-0.39, 0.29) is 0 Å². The third-order valence-electron chi connectivity index (χ3n) is 1.52. The van der Waals surface area contributed by atoms with E-state index in [1.165, 1.54) is 6.08 Å². The van der Waals surface area contributed by atoms with Gasteiger partial charge in [0.05, 0.1) is 6.10 Å². The number of esters is 1. The molecule has 3 heteroatoms. The van der Waals surface area contributed by atoms with Crippen LogP contribution in [0.5, 0.6) is 0 Å². The smallest absolute Gasteiger partial charge is 0.331 e. The zero-order chi connectivity index (χ0) is 10.3. The highest BCUT2D eigenvalue weighted by atomic mass is 16.6. The summed E-state index contributed by atoms with van der Waals surface area (Å²) in [5.74, 6) is -0.438. The average Bonchev–Trinajstić information content (AvgIpc) is 2.04. The molecule has 0 saturated carbocycles. The summed E-state index contributed by atoms with van der Waals surface area (Å²) in [5, 5.41) is 9.03. The molecule has 0 saturated heterocycles. The van der Waals surface area contributed by atoms with Gasteiger partial charge in [-0.1, -0.05) is 18.2 Å². The Bertz CT molecular complexity index is 204. The fourth-order valence-electron chi connectivity index (χ4n) is 0.566. The van der Waals surface area contributed by atoms with Crippen LogP contribution < -0.4 is 0 Å². The lowest BCUT2D eigenvalue weighted by Gasteiger charge is -2.13. The van der Waals surface area contributed by atoms with Gasteiger partial charge in [-0.05, 0) is 20.8 Å². The van der Waals surface area contributed by atoms with E-state index < -0.39 is 18.2 Å². The second-order valence-corrected chi connectivity index (χ2v) is 2.77. The van der Waals surface area contributed by atoms with Gasteiger partial charge in [0.25, 0.3) is 0 Å². The van der Waals surface area contributed by atoms with Crippen molar-refractivity contribution in [3.63, 3.8) is 0 Å². The van der Waals surface area contributed by atoms with Crippen LogP contribution in [0.25, 0.3) is 0 Å². The zero-order valence-electron chi connectivity index (χ0n) is 8.23. The molecule has 0 aliphatic heterocycles. The number of allylic oxidation sites excluding steroid dienone is 3. The van der Waals surface area contributed by atoms with E-state index in [4.69, 9.17) is 9.84 Å². The number of ether oxygens (including phenoxy) is 1. The maximum absolute atomic E-state index is 11.0. The Labute approximate surface area is 78.7 Å². The van der Waals surface area contributed by atoms with E-state index in [0.717, 1.165) is 0 Å². The maximum Gasteiger partial charge on any atom is 0.331 e. The molecule has 2 atom stereocenters. The first kappa shape index (κ1) is 11.9. The highest BCUT2D eigenvalue weighted by molar-refractivity contribution is 5.82. The molecule has 0 aliphatic rings. The molecule has 74 valence electrons. The predicted octanol–water partition coefficient (Wildman–Crippen LogP) is 1.43. The Morgan fingerprint density at radius 1 is 1.38 bits per heavy atom. The van der Waals surface area contributed by atoms with Gasteiger partial charge in [-0.25, -0.2) is 4.79 Å². The number of carbonyl (C=O) groups is 1. The molecular formula is C10H16O3. The number of rotatable bonds is 4. The molecule has 13 heavy (non-hydrogen) atoms. The third-order valence-corrected chi connectivity index (χ3v) is 1.52. The molecule has 3 nitrogen and oxygen atoms in total. The minimum Gasteiger partial charge on any atom is -0.457 e. The normalized spacial score (nSPS) is 16.3. The van der Waals surface area contributed by atoms with Gasteiger partial charge < -0.3 is 9.84 Å². The van der Waals surface area contributed by atoms with E-state index in [1.54, 1.807) is 26.0 Å². The van der Waals surface area contributed by atoms with Crippen LogP contribution in [-0.2, 0) is 9.53 Å². The summed E-state index contributed by atoms with van der Waals surface area (Å²) < 4.78 is 4.85. The lowest BCUT2D eigenvalue weighted by Crippen LogP contribution is -2.24. The van der Waals surface area contributed by atoms with Crippen molar-refractivity contribution in [2.45, 2.75) is 33.0 Å². The Morgan fingerprint density at radius 3 is 2.46 bits per heavy atom. The summed E-state index contributed by atoms with van der Waals surface area (Å²) in [6.07, 6.45) is 5.34. The first-order chi connectivity index (χ1) is 6.07. The number of carbonyl (C=O) groups excluding carboxylic acids is 1. The molecule has 1 N–H and O–H groups in total. The molecule has 0 spiro atoms. The molecule has 0 fully saturated rings. The molecule has 0 aromatic heterocycles. The number of hydrogen-bond donors (Lipinski definition) is 1. The highest BCUT2D eigenvalue weighted by Gasteiger charge is 2.11. The molecule has 0 rings (SSSR count). The zero-order valence-corrected chi connectivity index (χ0v) is 8.23. The van der Waals surface area contributed by atoms with Crippen LogP contribution in [0.3, 0.4) is 0 Å². The summed E-state index contributed by atoms with van der Waals surface area (Å²) in [6, 6.07) is 0. The first-order valence-electron chi connectivity index (χ1n) is 4.26. The topological polar surface area (TPSA) is 46.5 Å². The molecule has 0 aliphatic carbocycles. The van der Waals surface area contributed by atoms with Gasteiger partial charge in [-0.3, -0.25) is 0 Å². The monoisotopic (exact) mass is 184 g/mol. The number of hydrogen-bond acceptors (Lipinski definition) is 3. The quantitative estimate of drug-likeness (QED) is 0.408. The minimum atomic E-state index is -0.640. The van der Waals surface area contributed by atoms with Gasteiger partial charge in [0, 0.05) is 6.08 Å². The molecule has 0 radical (unpaired) electrons. The third kappa shape index (κ3) is 6.11. The van der Waals surface area contributed by atoms with Crippen molar-refractivity contribution >= 4 is 5.97 Å². The molecular weight excluding hydrogens is 168 g/mol. The predicted molar refractivity (Wildman–Crippen MR) is 51.2 cm³/mol. The molecule has 2 unspecified atom stereocenters. The van der Waals surface area contributed by atoms with Crippen molar-refractivity contribution in [3.05, 3.63) is 24.3 Å². The van der Waals surface area contributed by atoms with E-state index >= 15 is 0 Å². The van der Waals surface area contributed by atoms with Crippen LogP contribution >= 0.6 is 0 Å². The van der Waals surface area contributed by atoms with Gasteiger partial charge in [0.1, 0.15) is 6.10 Å². The Hall–Kier alpha value is -1.09. The van der Waals surface area contributed by atoms with Crippen molar-refractivity contribution < 1.29 is 14.6 Å². The lowest BCUT2D eigenvalue weighted by molar-refractivity contribution is -0.146. The number of aliphatic hydroxyl groups excluding tert-OH is 1. The summed E-state index contributed by atoms with van der Waals surface area (Å²) in [4.78, 5) is 11.0. The SMILES string of the molecule is C/C=C/C=C/C(=O)OC(C)C(C)O. The van der Waals surface area contributed by atoms with Crippen molar-refractivity contribution in [2.75, 3.05) is 0 Å². The van der Waals surface area contributed by atoms with E-state index in [9.17, 15) is 4.79 Å². The fourth-order valence-corrected chi connectivity index (χ4v) is 0.566. The number of aliphatic hydroxyl groups is 1. The second-order valence-electron chi connectivity index (χ2n) is 2.77. The van der Waals surface area contributed by atoms with Gasteiger partial charge in [0.2, 0.25) is 0 Å². The Balaban J connectivity index is 3.87. The van der Waals surface area contributed by atoms with E-state index in [2.05, 4.69) is 0 Å². The highest BCUT2D eigenvalue weighted by Crippen LogP contribution is 1.98. The van der Waals surface area contributed by atoms with E-state index in [0.29, 0.717) is 0 Å². The standard InChI is InChI=1S/C10H16O3/c1-4-5-6-7-10(12)13-9(3)8(2)11/h4-9,11H,1-3H3/b5-4+,7-6+. The molecule has 0 amide bonds. The maximum atomic E-state index is 11.0. The van der Waals surface area contributed by atoms with E-state index in [1.807, 2.05) is 13.0 Å². The van der Waals surface area contributed by atoms with Gasteiger partial charge >= 0.3 is 5.97 Å². The lowest BCUT2D eigenvalue weighted by atomic mass is 10.2. The molecule has 0 heterocycles. The summed E-state index contributed by atoms with van der Waals surface area (Å²) in [5.41, 5.74) is 0. The van der Waals surface area contributed by atoms with Crippen LogP contribution in [0.15, 0.2) is 24.3 Å². The first-order valence-corrected chi connectivity index (χ1v) is 4.26. The summed E-state index contributed by atoms with van der Waals surface area (Å²) in [6.45, 7) is 5.08.